The number of ether oxygens (including phenoxy) is 1. The summed E-state index contributed by atoms with van der Waals surface area (Å²) in [5.41, 5.74) is 1.12. The first-order valence-electron chi connectivity index (χ1n) is 10.2. The molecule has 1 fully saturated rings. The Hall–Kier alpha value is -2.94. The fourth-order valence-corrected chi connectivity index (χ4v) is 2.96. The van der Waals surface area contributed by atoms with Gasteiger partial charge in [-0.25, -0.2) is 0 Å². The molecule has 9 heteroatoms. The molecule has 0 saturated carbocycles. The average molecular weight is 418 g/mol. The fraction of sp³-hybridized carbons (Fsp3) is 0.524. The van der Waals surface area contributed by atoms with Crippen molar-refractivity contribution in [1.29, 1.82) is 0 Å². The molecule has 9 nitrogen and oxygen atoms in total. The van der Waals surface area contributed by atoms with Crippen LogP contribution in [0, 0.1) is 5.92 Å². The van der Waals surface area contributed by atoms with Gasteiger partial charge in [-0.3, -0.25) is 24.1 Å². The third kappa shape index (κ3) is 7.47. The molecule has 1 unspecified atom stereocenters. The summed E-state index contributed by atoms with van der Waals surface area (Å²) < 4.78 is 5.18. The van der Waals surface area contributed by atoms with Crippen molar-refractivity contribution >= 4 is 35.1 Å². The third-order valence-electron chi connectivity index (χ3n) is 4.48. The van der Waals surface area contributed by atoms with Crippen molar-refractivity contribution in [3.63, 3.8) is 0 Å². The number of hydrogen-bond donors (Lipinski definition) is 3. The van der Waals surface area contributed by atoms with E-state index >= 15 is 0 Å². The van der Waals surface area contributed by atoms with Crippen molar-refractivity contribution < 1.29 is 23.9 Å². The van der Waals surface area contributed by atoms with E-state index in [-0.39, 0.29) is 36.6 Å². The molecule has 1 aromatic carbocycles. The number of carbonyl (C=O) groups is 4. The molecule has 0 bridgehead atoms. The molecule has 0 radical (unpaired) electrons. The molecule has 1 heterocycles. The van der Waals surface area contributed by atoms with Gasteiger partial charge in [0.15, 0.2) is 0 Å². The van der Waals surface area contributed by atoms with Crippen molar-refractivity contribution in [3.8, 4) is 0 Å². The van der Waals surface area contributed by atoms with E-state index in [2.05, 4.69) is 16.0 Å². The molecule has 1 saturated heterocycles. The van der Waals surface area contributed by atoms with Crippen LogP contribution in [0.25, 0.3) is 0 Å². The Balaban J connectivity index is 1.96. The molecule has 3 amide bonds. The van der Waals surface area contributed by atoms with Crippen LogP contribution in [-0.4, -0.2) is 60.9 Å². The molecular weight excluding hydrogens is 388 g/mol. The lowest BCUT2D eigenvalue weighted by Gasteiger charge is -2.33. The zero-order valence-electron chi connectivity index (χ0n) is 17.7. The second kappa shape index (κ2) is 11.3. The summed E-state index contributed by atoms with van der Waals surface area (Å²) in [5.74, 6) is -0.988. The second-order valence-corrected chi connectivity index (χ2v) is 7.59. The molecule has 3 N–H and O–H groups in total. The van der Waals surface area contributed by atoms with Crippen LogP contribution in [0.5, 0.6) is 0 Å². The predicted molar refractivity (Wildman–Crippen MR) is 113 cm³/mol. The van der Waals surface area contributed by atoms with Gasteiger partial charge in [-0.2, -0.15) is 0 Å². The lowest BCUT2D eigenvalue weighted by Crippen LogP contribution is -2.57. The SMILES string of the molecule is CCC(=O)Nc1cccc(NC(=O)CN2CCNC(=O)C2CC(=O)OCC(C)C)c1. The van der Waals surface area contributed by atoms with E-state index in [4.69, 9.17) is 4.74 Å². The number of rotatable bonds is 9. The lowest BCUT2D eigenvalue weighted by atomic mass is 10.1. The summed E-state index contributed by atoms with van der Waals surface area (Å²) in [7, 11) is 0. The zero-order valence-corrected chi connectivity index (χ0v) is 17.7. The standard InChI is InChI=1S/C21H30N4O5/c1-4-18(26)23-15-6-5-7-16(10-15)24-19(27)12-25-9-8-22-21(29)17(25)11-20(28)30-13-14(2)3/h5-7,10,14,17H,4,8-9,11-13H2,1-3H3,(H,22,29)(H,23,26)(H,24,27). The second-order valence-electron chi connectivity index (χ2n) is 7.59. The Bertz CT molecular complexity index is 780. The first-order valence-corrected chi connectivity index (χ1v) is 10.2. The number of carbonyl (C=O) groups excluding carboxylic acids is 4. The van der Waals surface area contributed by atoms with E-state index in [1.54, 1.807) is 36.1 Å². The van der Waals surface area contributed by atoms with Crippen LogP contribution < -0.4 is 16.0 Å². The number of anilines is 2. The maximum Gasteiger partial charge on any atom is 0.307 e. The highest BCUT2D eigenvalue weighted by Gasteiger charge is 2.33. The maximum absolute atomic E-state index is 12.5. The minimum Gasteiger partial charge on any atom is -0.465 e. The van der Waals surface area contributed by atoms with Gasteiger partial charge in [-0.05, 0) is 24.1 Å². The summed E-state index contributed by atoms with van der Waals surface area (Å²) in [6.07, 6.45) is 0.249. The van der Waals surface area contributed by atoms with Gasteiger partial charge < -0.3 is 20.7 Å². The number of nitrogens with zero attached hydrogens (tertiary/aromatic N) is 1. The molecule has 0 aromatic heterocycles. The molecule has 1 aliphatic heterocycles. The molecule has 1 atom stereocenters. The van der Waals surface area contributed by atoms with Crippen LogP contribution in [0.2, 0.25) is 0 Å². The van der Waals surface area contributed by atoms with Gasteiger partial charge in [0.2, 0.25) is 17.7 Å². The zero-order chi connectivity index (χ0) is 22.1. The van der Waals surface area contributed by atoms with E-state index in [1.165, 1.54) is 0 Å². The highest BCUT2D eigenvalue weighted by Crippen LogP contribution is 2.16. The Morgan fingerprint density at radius 2 is 1.87 bits per heavy atom. The van der Waals surface area contributed by atoms with Crippen molar-refractivity contribution in [1.82, 2.24) is 10.2 Å². The summed E-state index contributed by atoms with van der Waals surface area (Å²) in [6.45, 7) is 6.72. The van der Waals surface area contributed by atoms with Crippen LogP contribution >= 0.6 is 0 Å². The topological polar surface area (TPSA) is 117 Å². The molecule has 2 rings (SSSR count). The van der Waals surface area contributed by atoms with Gasteiger partial charge in [0.1, 0.15) is 6.04 Å². The minimum absolute atomic E-state index is 0.0406. The Morgan fingerprint density at radius 3 is 2.50 bits per heavy atom. The molecule has 30 heavy (non-hydrogen) atoms. The summed E-state index contributed by atoms with van der Waals surface area (Å²) in [6, 6.07) is 6.08. The van der Waals surface area contributed by atoms with Crippen LogP contribution in [-0.2, 0) is 23.9 Å². The largest absolute Gasteiger partial charge is 0.465 e. The van der Waals surface area contributed by atoms with Crippen LogP contribution in [0.4, 0.5) is 11.4 Å². The van der Waals surface area contributed by atoms with Gasteiger partial charge in [0.25, 0.3) is 0 Å². The molecule has 1 aliphatic rings. The normalized spacial score (nSPS) is 16.7. The molecular formula is C21H30N4O5. The van der Waals surface area contributed by atoms with Crippen molar-refractivity contribution in [2.75, 3.05) is 36.9 Å². The van der Waals surface area contributed by atoms with Crippen LogP contribution in [0.3, 0.4) is 0 Å². The first kappa shape index (κ1) is 23.3. The van der Waals surface area contributed by atoms with Gasteiger partial charge in [0, 0.05) is 30.9 Å². The van der Waals surface area contributed by atoms with Gasteiger partial charge in [-0.1, -0.05) is 26.8 Å². The Morgan fingerprint density at radius 1 is 1.20 bits per heavy atom. The van der Waals surface area contributed by atoms with Gasteiger partial charge in [0.05, 0.1) is 19.6 Å². The van der Waals surface area contributed by atoms with E-state index in [0.29, 0.717) is 37.5 Å². The number of hydrogen-bond acceptors (Lipinski definition) is 6. The maximum atomic E-state index is 12.5. The molecule has 0 aliphatic carbocycles. The van der Waals surface area contributed by atoms with E-state index in [0.717, 1.165) is 0 Å². The van der Waals surface area contributed by atoms with Crippen molar-refractivity contribution in [2.45, 2.75) is 39.7 Å². The smallest absolute Gasteiger partial charge is 0.307 e. The number of nitrogens with one attached hydrogen (secondary N) is 3. The highest BCUT2D eigenvalue weighted by molar-refractivity contribution is 5.95. The van der Waals surface area contributed by atoms with Crippen LogP contribution in [0.15, 0.2) is 24.3 Å². The highest BCUT2D eigenvalue weighted by atomic mass is 16.5. The number of benzene rings is 1. The third-order valence-corrected chi connectivity index (χ3v) is 4.48. The quantitative estimate of drug-likeness (QED) is 0.522. The number of piperazine rings is 1. The summed E-state index contributed by atoms with van der Waals surface area (Å²) >= 11 is 0. The lowest BCUT2D eigenvalue weighted by molar-refractivity contribution is -0.149. The summed E-state index contributed by atoms with van der Waals surface area (Å²) in [5, 5.41) is 8.23. The number of esters is 1. The van der Waals surface area contributed by atoms with Crippen molar-refractivity contribution in [2.24, 2.45) is 5.92 Å². The average Bonchev–Trinajstić information content (AvgIpc) is 2.69. The first-order chi connectivity index (χ1) is 14.3. The monoisotopic (exact) mass is 418 g/mol. The fourth-order valence-electron chi connectivity index (χ4n) is 2.96. The molecule has 0 spiro atoms. The van der Waals surface area contributed by atoms with Gasteiger partial charge >= 0.3 is 5.97 Å². The van der Waals surface area contributed by atoms with Crippen LogP contribution in [0.1, 0.15) is 33.6 Å². The summed E-state index contributed by atoms with van der Waals surface area (Å²) in [4.78, 5) is 50.1. The Kier molecular flexibility index (Phi) is 8.79. The predicted octanol–water partition coefficient (Wildman–Crippen LogP) is 1.36. The van der Waals surface area contributed by atoms with Gasteiger partial charge in [-0.15, -0.1) is 0 Å². The Labute approximate surface area is 176 Å². The molecule has 164 valence electrons. The number of amides is 3. The minimum atomic E-state index is -0.751. The van der Waals surface area contributed by atoms with E-state index in [1.807, 2.05) is 13.8 Å². The molecule has 1 aromatic rings. The van der Waals surface area contributed by atoms with Crippen molar-refractivity contribution in [3.05, 3.63) is 24.3 Å². The van der Waals surface area contributed by atoms with E-state index in [9.17, 15) is 19.2 Å². The van der Waals surface area contributed by atoms with E-state index < -0.39 is 12.0 Å².